The van der Waals surface area contributed by atoms with Crippen LogP contribution in [0.25, 0.3) is 0 Å². The van der Waals surface area contributed by atoms with Crippen molar-refractivity contribution in [1.29, 1.82) is 0 Å². The number of thiophene rings is 1. The molecule has 0 fully saturated rings. The summed E-state index contributed by atoms with van der Waals surface area (Å²) in [7, 11) is 0. The van der Waals surface area contributed by atoms with E-state index >= 15 is 0 Å². The molecule has 0 spiro atoms. The summed E-state index contributed by atoms with van der Waals surface area (Å²) < 4.78 is 1.18. The lowest BCUT2D eigenvalue weighted by Gasteiger charge is -2.04. The summed E-state index contributed by atoms with van der Waals surface area (Å²) in [6, 6.07) is 3.25. The Labute approximate surface area is 154 Å². The summed E-state index contributed by atoms with van der Waals surface area (Å²) in [4.78, 5) is 35.0. The van der Waals surface area contributed by atoms with Gasteiger partial charge in [0.15, 0.2) is 8.68 Å². The number of rotatable bonds is 8. The van der Waals surface area contributed by atoms with Crippen LogP contribution < -0.4 is 16.4 Å². The number of carbonyl (C=O) groups is 3. The second-order valence-electron chi connectivity index (χ2n) is 4.19. The van der Waals surface area contributed by atoms with Crippen LogP contribution in [0.1, 0.15) is 4.88 Å². The van der Waals surface area contributed by atoms with Crippen molar-refractivity contribution in [2.24, 2.45) is 5.73 Å². The molecule has 8 nitrogen and oxygen atoms in total. The number of amides is 4. The van der Waals surface area contributed by atoms with Gasteiger partial charge in [0.1, 0.15) is 0 Å². The van der Waals surface area contributed by atoms with Crippen molar-refractivity contribution < 1.29 is 14.4 Å². The van der Waals surface area contributed by atoms with Crippen LogP contribution >= 0.6 is 46.2 Å². The average Bonchev–Trinajstić information content (AvgIpc) is 3.20. The van der Waals surface area contributed by atoms with Gasteiger partial charge < -0.3 is 11.1 Å². The van der Waals surface area contributed by atoms with Crippen molar-refractivity contribution >= 4 is 64.0 Å². The first-order chi connectivity index (χ1) is 11.5. The van der Waals surface area contributed by atoms with Crippen LogP contribution in [0, 0.1) is 0 Å². The van der Waals surface area contributed by atoms with Crippen molar-refractivity contribution in [3.8, 4) is 0 Å². The molecule has 4 amide bonds. The van der Waals surface area contributed by atoms with Crippen molar-refractivity contribution in [3.63, 3.8) is 0 Å². The lowest BCUT2D eigenvalue weighted by Crippen LogP contribution is -2.39. The number of aromatic nitrogens is 2. The van der Waals surface area contributed by atoms with Gasteiger partial charge in [0.05, 0.1) is 18.1 Å². The Bertz CT molecular complexity index is 703. The predicted molar refractivity (Wildman–Crippen MR) is 95.2 cm³/mol. The Balaban J connectivity index is 1.67. The average molecular weight is 404 g/mol. The number of nitrogens with zero attached hydrogens (tertiary/aromatic N) is 2. The number of urea groups is 1. The van der Waals surface area contributed by atoms with Gasteiger partial charge in [-0.1, -0.05) is 40.9 Å². The van der Waals surface area contributed by atoms with Crippen LogP contribution in [0.3, 0.4) is 0 Å². The van der Waals surface area contributed by atoms with Crippen molar-refractivity contribution in [2.75, 3.05) is 11.5 Å². The van der Waals surface area contributed by atoms with Crippen LogP contribution in [0.5, 0.6) is 0 Å². The number of nitrogens with one attached hydrogen (secondary N) is 2. The zero-order valence-electron chi connectivity index (χ0n) is 12.2. The molecular formula is C12H13N5O3S4. The Kier molecular flexibility index (Phi) is 7.49. The molecule has 0 saturated carbocycles. The lowest BCUT2D eigenvalue weighted by atomic mass is 10.5. The Morgan fingerprint density at radius 3 is 2.50 bits per heavy atom. The third-order valence-electron chi connectivity index (χ3n) is 2.31. The number of hydrogen-bond acceptors (Lipinski definition) is 9. The van der Waals surface area contributed by atoms with Crippen LogP contribution in [0.15, 0.2) is 26.2 Å². The molecule has 2 aromatic heterocycles. The van der Waals surface area contributed by atoms with E-state index < -0.39 is 17.8 Å². The number of thioether (sulfide) groups is 2. The second kappa shape index (κ2) is 9.61. The maximum atomic E-state index is 11.7. The zero-order valence-corrected chi connectivity index (χ0v) is 15.4. The van der Waals surface area contributed by atoms with Crippen LogP contribution in [0.4, 0.5) is 4.79 Å². The van der Waals surface area contributed by atoms with Gasteiger partial charge in [-0.2, -0.15) is 0 Å². The molecule has 2 aromatic rings. The molecule has 12 heteroatoms. The first-order valence-corrected chi connectivity index (χ1v) is 10.2. The predicted octanol–water partition coefficient (Wildman–Crippen LogP) is 1.30. The van der Waals surface area contributed by atoms with Gasteiger partial charge >= 0.3 is 6.03 Å². The minimum absolute atomic E-state index is 0.0432. The number of hydrogen-bond donors (Lipinski definition) is 3. The molecule has 4 N–H and O–H groups in total. The summed E-state index contributed by atoms with van der Waals surface area (Å²) in [5.74, 6) is -0.686. The molecule has 128 valence electrons. The lowest BCUT2D eigenvalue weighted by molar-refractivity contribution is -0.117. The van der Waals surface area contributed by atoms with Crippen molar-refractivity contribution in [3.05, 3.63) is 22.4 Å². The summed E-state index contributed by atoms with van der Waals surface area (Å²) in [5, 5.41) is 14.5. The second-order valence-corrected chi connectivity index (χ2v) is 8.64. The molecule has 2 heterocycles. The normalized spacial score (nSPS) is 10.3. The van der Waals surface area contributed by atoms with E-state index in [0.29, 0.717) is 15.2 Å². The fourth-order valence-corrected chi connectivity index (χ4v) is 4.57. The molecule has 0 aliphatic carbocycles. The first kappa shape index (κ1) is 18.7. The molecule has 0 aliphatic rings. The molecule has 0 saturated heterocycles. The molecule has 0 bridgehead atoms. The molecule has 0 aliphatic heterocycles. The van der Waals surface area contributed by atoms with Crippen LogP contribution in [-0.4, -0.2) is 39.5 Å². The van der Waals surface area contributed by atoms with Crippen LogP contribution in [-0.2, 0) is 16.1 Å². The fourth-order valence-electron chi connectivity index (χ4n) is 1.36. The van der Waals surface area contributed by atoms with Gasteiger partial charge in [-0.25, -0.2) is 4.79 Å². The molecule has 0 aromatic carbocycles. The summed E-state index contributed by atoms with van der Waals surface area (Å²) >= 11 is 5.14. The Morgan fingerprint density at radius 1 is 1.17 bits per heavy atom. The standard InChI is InChI=1S/C12H13N5O3S4/c13-8(18)5-22-11-16-17-12(24-11)23-6-9(19)15-10(20)14-4-7-2-1-3-21-7/h1-3H,4-6H2,(H2,13,18)(H2,14,15,19,20). The van der Waals surface area contributed by atoms with Crippen molar-refractivity contribution in [2.45, 2.75) is 15.2 Å². The third kappa shape index (κ3) is 6.86. The highest BCUT2D eigenvalue weighted by atomic mass is 32.2. The van der Waals surface area contributed by atoms with Gasteiger partial charge in [0, 0.05) is 4.88 Å². The SMILES string of the molecule is NC(=O)CSc1nnc(SCC(=O)NC(=O)NCc2cccs2)s1. The molecule has 0 atom stereocenters. The van der Waals surface area contributed by atoms with E-state index in [1.165, 1.54) is 46.2 Å². The molecular weight excluding hydrogens is 390 g/mol. The monoisotopic (exact) mass is 403 g/mol. The van der Waals surface area contributed by atoms with E-state index in [1.54, 1.807) is 0 Å². The Morgan fingerprint density at radius 2 is 1.88 bits per heavy atom. The van der Waals surface area contributed by atoms with E-state index in [9.17, 15) is 14.4 Å². The molecule has 0 radical (unpaired) electrons. The molecule has 0 unspecified atom stereocenters. The van der Waals surface area contributed by atoms with Gasteiger partial charge in [0.2, 0.25) is 11.8 Å². The zero-order chi connectivity index (χ0) is 17.4. The van der Waals surface area contributed by atoms with Gasteiger partial charge in [-0.15, -0.1) is 21.5 Å². The maximum Gasteiger partial charge on any atom is 0.321 e. The number of primary amides is 1. The summed E-state index contributed by atoms with van der Waals surface area (Å²) in [6.07, 6.45) is 0. The highest BCUT2D eigenvalue weighted by Crippen LogP contribution is 2.28. The maximum absolute atomic E-state index is 11.7. The van der Waals surface area contributed by atoms with Crippen molar-refractivity contribution in [1.82, 2.24) is 20.8 Å². The number of carbonyl (C=O) groups excluding carboxylic acids is 3. The summed E-state index contributed by atoms with van der Waals surface area (Å²) in [5.41, 5.74) is 5.05. The number of nitrogens with two attached hydrogens (primary N) is 1. The van der Waals surface area contributed by atoms with Gasteiger partial charge in [-0.05, 0) is 11.4 Å². The van der Waals surface area contributed by atoms with E-state index in [4.69, 9.17) is 5.73 Å². The minimum atomic E-state index is -0.538. The topological polar surface area (TPSA) is 127 Å². The van der Waals surface area contributed by atoms with E-state index in [0.717, 1.165) is 4.88 Å². The quantitative estimate of drug-likeness (QED) is 0.567. The third-order valence-corrected chi connectivity index (χ3v) is 6.40. The fraction of sp³-hybridized carbons (Fsp3) is 0.250. The van der Waals surface area contributed by atoms with E-state index in [2.05, 4.69) is 20.8 Å². The Hall–Kier alpha value is -1.63. The molecule has 24 heavy (non-hydrogen) atoms. The summed E-state index contributed by atoms with van der Waals surface area (Å²) in [6.45, 7) is 0.376. The van der Waals surface area contributed by atoms with Crippen LogP contribution in [0.2, 0.25) is 0 Å². The van der Waals surface area contributed by atoms with Gasteiger partial charge in [0.25, 0.3) is 0 Å². The highest BCUT2D eigenvalue weighted by Gasteiger charge is 2.11. The smallest absolute Gasteiger partial charge is 0.321 e. The highest BCUT2D eigenvalue weighted by molar-refractivity contribution is 8.03. The minimum Gasteiger partial charge on any atom is -0.369 e. The first-order valence-electron chi connectivity index (χ1n) is 6.50. The van der Waals surface area contributed by atoms with Gasteiger partial charge in [-0.3, -0.25) is 14.9 Å². The molecule has 2 rings (SSSR count). The van der Waals surface area contributed by atoms with E-state index in [1.807, 2.05) is 17.5 Å². The largest absolute Gasteiger partial charge is 0.369 e. The van der Waals surface area contributed by atoms with E-state index in [-0.39, 0.29) is 11.5 Å². The number of imide groups is 1.